The molecule has 0 radical (unpaired) electrons. The average Bonchev–Trinajstić information content (AvgIpc) is 2.33. The maximum atomic E-state index is 11.1. The van der Waals surface area contributed by atoms with Crippen molar-refractivity contribution < 1.29 is 4.79 Å². The van der Waals surface area contributed by atoms with Gasteiger partial charge < -0.3 is 4.79 Å². The van der Waals surface area contributed by atoms with Crippen LogP contribution in [0.15, 0.2) is 30.3 Å². The summed E-state index contributed by atoms with van der Waals surface area (Å²) in [5.41, 5.74) is 1.29. The van der Waals surface area contributed by atoms with Crippen LogP contribution in [-0.2, 0) is 11.3 Å². The van der Waals surface area contributed by atoms with Crippen LogP contribution in [0.4, 0.5) is 0 Å². The van der Waals surface area contributed by atoms with Gasteiger partial charge in [0.2, 0.25) is 0 Å². The molecule has 0 bridgehead atoms. The zero-order chi connectivity index (χ0) is 11.4. The predicted octanol–water partition coefficient (Wildman–Crippen LogP) is 2.63. The molecule has 0 saturated carbocycles. The first-order valence-corrected chi connectivity index (χ1v) is 6.06. The smallest absolute Gasteiger partial charge is 0.137 e. The number of nitrogens with zero attached hydrogens (tertiary/aromatic N) is 1. The normalized spacial score (nSPS) is 26.6. The third-order valence-electron chi connectivity index (χ3n) is 3.48. The Balaban J connectivity index is 2.08. The number of piperidine rings is 1. The lowest BCUT2D eigenvalue weighted by atomic mass is 9.96. The molecule has 1 saturated heterocycles. The molecule has 1 aliphatic heterocycles. The molecule has 0 spiro atoms. The van der Waals surface area contributed by atoms with E-state index < -0.39 is 0 Å². The summed E-state index contributed by atoms with van der Waals surface area (Å²) in [5.74, 6) is 0. The largest absolute Gasteiger partial charge is 0.302 e. The van der Waals surface area contributed by atoms with E-state index in [0.29, 0.717) is 6.04 Å². The van der Waals surface area contributed by atoms with E-state index in [9.17, 15) is 4.79 Å². The number of aldehydes is 1. The topological polar surface area (TPSA) is 20.3 Å². The first kappa shape index (κ1) is 11.3. The third kappa shape index (κ3) is 2.50. The first-order valence-electron chi connectivity index (χ1n) is 6.06. The zero-order valence-corrected chi connectivity index (χ0v) is 9.80. The molecule has 2 nitrogen and oxygen atoms in total. The van der Waals surface area contributed by atoms with Gasteiger partial charge in [-0.05, 0) is 31.7 Å². The minimum atomic E-state index is 0.115. The van der Waals surface area contributed by atoms with Gasteiger partial charge in [-0.15, -0.1) is 0 Å². The van der Waals surface area contributed by atoms with E-state index in [1.54, 1.807) is 0 Å². The van der Waals surface area contributed by atoms with E-state index in [-0.39, 0.29) is 6.04 Å². The van der Waals surface area contributed by atoms with Gasteiger partial charge in [0.15, 0.2) is 0 Å². The lowest BCUT2D eigenvalue weighted by molar-refractivity contribution is -0.114. The molecule has 1 fully saturated rings. The van der Waals surface area contributed by atoms with Crippen molar-refractivity contribution in [3.8, 4) is 0 Å². The summed E-state index contributed by atoms with van der Waals surface area (Å²) in [6, 6.07) is 11.0. The summed E-state index contributed by atoms with van der Waals surface area (Å²) >= 11 is 0. The SMILES string of the molecule is CC1CCCC(C=O)N1Cc1ccccc1. The highest BCUT2D eigenvalue weighted by Gasteiger charge is 2.27. The Kier molecular flexibility index (Phi) is 3.73. The number of carbonyl (C=O) groups is 1. The van der Waals surface area contributed by atoms with E-state index in [2.05, 4.69) is 36.1 Å². The Morgan fingerprint density at radius 1 is 1.31 bits per heavy atom. The van der Waals surface area contributed by atoms with Crippen LogP contribution in [0.1, 0.15) is 31.7 Å². The first-order chi connectivity index (χ1) is 7.81. The minimum Gasteiger partial charge on any atom is -0.302 e. The van der Waals surface area contributed by atoms with Crippen LogP contribution in [-0.4, -0.2) is 23.3 Å². The van der Waals surface area contributed by atoms with Gasteiger partial charge in [-0.1, -0.05) is 30.3 Å². The molecular weight excluding hydrogens is 198 g/mol. The molecular formula is C14H19NO. The van der Waals surface area contributed by atoms with Crippen molar-refractivity contribution >= 4 is 6.29 Å². The Bertz CT molecular complexity index is 336. The van der Waals surface area contributed by atoms with E-state index in [4.69, 9.17) is 0 Å². The van der Waals surface area contributed by atoms with Gasteiger partial charge in [-0.3, -0.25) is 4.90 Å². The summed E-state index contributed by atoms with van der Waals surface area (Å²) in [5, 5.41) is 0. The monoisotopic (exact) mass is 217 g/mol. The van der Waals surface area contributed by atoms with Gasteiger partial charge >= 0.3 is 0 Å². The van der Waals surface area contributed by atoms with Gasteiger partial charge in [0.25, 0.3) is 0 Å². The van der Waals surface area contributed by atoms with Crippen molar-refractivity contribution in [3.63, 3.8) is 0 Å². The van der Waals surface area contributed by atoms with Gasteiger partial charge in [0.05, 0.1) is 6.04 Å². The summed E-state index contributed by atoms with van der Waals surface area (Å²) in [7, 11) is 0. The Labute approximate surface area is 97.3 Å². The van der Waals surface area contributed by atoms with Crippen molar-refractivity contribution in [3.05, 3.63) is 35.9 Å². The van der Waals surface area contributed by atoms with Gasteiger partial charge in [0.1, 0.15) is 6.29 Å². The van der Waals surface area contributed by atoms with Crippen LogP contribution in [0, 0.1) is 0 Å². The fraction of sp³-hybridized carbons (Fsp3) is 0.500. The second-order valence-corrected chi connectivity index (χ2v) is 4.64. The quantitative estimate of drug-likeness (QED) is 0.725. The van der Waals surface area contributed by atoms with E-state index in [1.807, 2.05) is 6.07 Å². The molecule has 2 unspecified atom stereocenters. The molecule has 2 atom stereocenters. The maximum absolute atomic E-state index is 11.1. The molecule has 1 aromatic rings. The molecule has 2 heteroatoms. The number of hydrogen-bond donors (Lipinski definition) is 0. The zero-order valence-electron chi connectivity index (χ0n) is 9.80. The average molecular weight is 217 g/mol. The number of carbonyl (C=O) groups excluding carboxylic acids is 1. The van der Waals surface area contributed by atoms with Crippen molar-refractivity contribution in [1.82, 2.24) is 4.90 Å². The second-order valence-electron chi connectivity index (χ2n) is 4.64. The highest BCUT2D eigenvalue weighted by molar-refractivity contribution is 5.57. The fourth-order valence-corrected chi connectivity index (χ4v) is 2.49. The fourth-order valence-electron chi connectivity index (χ4n) is 2.49. The van der Waals surface area contributed by atoms with E-state index >= 15 is 0 Å². The van der Waals surface area contributed by atoms with Crippen molar-refractivity contribution in [2.24, 2.45) is 0 Å². The Morgan fingerprint density at radius 3 is 2.75 bits per heavy atom. The van der Waals surface area contributed by atoms with Crippen LogP contribution in [0.3, 0.4) is 0 Å². The summed E-state index contributed by atoms with van der Waals surface area (Å²) < 4.78 is 0. The van der Waals surface area contributed by atoms with Gasteiger partial charge in [0, 0.05) is 12.6 Å². The third-order valence-corrected chi connectivity index (χ3v) is 3.48. The number of likely N-dealkylation sites (tertiary alicyclic amines) is 1. The summed E-state index contributed by atoms with van der Waals surface area (Å²) in [4.78, 5) is 13.4. The predicted molar refractivity (Wildman–Crippen MR) is 65.2 cm³/mol. The highest BCUT2D eigenvalue weighted by atomic mass is 16.1. The van der Waals surface area contributed by atoms with Gasteiger partial charge in [-0.25, -0.2) is 0 Å². The molecule has 0 amide bonds. The molecule has 0 aromatic heterocycles. The second kappa shape index (κ2) is 5.26. The molecule has 16 heavy (non-hydrogen) atoms. The Hall–Kier alpha value is -1.15. The molecule has 1 aromatic carbocycles. The lowest BCUT2D eigenvalue weighted by Crippen LogP contribution is -2.45. The summed E-state index contributed by atoms with van der Waals surface area (Å²) in [6.07, 6.45) is 4.51. The Morgan fingerprint density at radius 2 is 2.06 bits per heavy atom. The molecule has 86 valence electrons. The standard InChI is InChI=1S/C14H19NO/c1-12-6-5-9-14(11-16)15(12)10-13-7-3-2-4-8-13/h2-4,7-8,11-12,14H,5-6,9-10H2,1H3. The van der Waals surface area contributed by atoms with Crippen molar-refractivity contribution in [1.29, 1.82) is 0 Å². The van der Waals surface area contributed by atoms with Crippen LogP contribution >= 0.6 is 0 Å². The molecule has 0 aliphatic carbocycles. The molecule has 1 aliphatic rings. The lowest BCUT2D eigenvalue weighted by Gasteiger charge is -2.38. The maximum Gasteiger partial charge on any atom is 0.137 e. The van der Waals surface area contributed by atoms with Crippen molar-refractivity contribution in [2.75, 3.05) is 0 Å². The van der Waals surface area contributed by atoms with E-state index in [1.165, 1.54) is 18.4 Å². The van der Waals surface area contributed by atoms with Crippen LogP contribution < -0.4 is 0 Å². The molecule has 1 heterocycles. The number of benzene rings is 1. The van der Waals surface area contributed by atoms with Crippen LogP contribution in [0.2, 0.25) is 0 Å². The van der Waals surface area contributed by atoms with Crippen molar-refractivity contribution in [2.45, 2.75) is 44.8 Å². The minimum absolute atomic E-state index is 0.115. The molecule has 2 rings (SSSR count). The van der Waals surface area contributed by atoms with Crippen LogP contribution in [0.25, 0.3) is 0 Å². The number of rotatable bonds is 3. The highest BCUT2D eigenvalue weighted by Crippen LogP contribution is 2.23. The number of hydrogen-bond acceptors (Lipinski definition) is 2. The summed E-state index contributed by atoms with van der Waals surface area (Å²) in [6.45, 7) is 3.12. The van der Waals surface area contributed by atoms with Gasteiger partial charge in [-0.2, -0.15) is 0 Å². The molecule has 0 N–H and O–H groups in total. The van der Waals surface area contributed by atoms with Crippen LogP contribution in [0.5, 0.6) is 0 Å². The van der Waals surface area contributed by atoms with E-state index in [0.717, 1.165) is 19.3 Å².